The number of pyridine rings is 1. The molecule has 0 spiro atoms. The van der Waals surface area contributed by atoms with Crippen LogP contribution in [0.1, 0.15) is 25.1 Å². The summed E-state index contributed by atoms with van der Waals surface area (Å²) in [5.74, 6) is -1.11. The first-order valence-electron chi connectivity index (χ1n) is 4.09. The van der Waals surface area contributed by atoms with Gasteiger partial charge in [0.1, 0.15) is 0 Å². The monoisotopic (exact) mass is 201 g/mol. The fourth-order valence-electron chi connectivity index (χ4n) is 0.983. The maximum absolute atomic E-state index is 10.8. The topological polar surface area (TPSA) is 53.0 Å². The molecule has 4 heteroatoms. The van der Waals surface area contributed by atoms with Crippen molar-refractivity contribution in [1.29, 1.82) is 0 Å². The molecule has 0 saturated heterocycles. The van der Waals surface area contributed by atoms with Crippen LogP contribution in [0.15, 0.2) is 18.3 Å². The van der Waals surface area contributed by atoms with Crippen LogP contribution < -0.4 is 34.7 Å². The molecular weight excluding hydrogens is 189 g/mol. The van der Waals surface area contributed by atoms with E-state index in [1.54, 1.807) is 26.1 Å². The fraction of sp³-hybridized carbons (Fsp3) is 0.400. The van der Waals surface area contributed by atoms with Crippen molar-refractivity contribution >= 4 is 5.97 Å². The summed E-state index contributed by atoms with van der Waals surface area (Å²) in [6.07, 6.45) is 1.61. The van der Waals surface area contributed by atoms with E-state index in [9.17, 15) is 9.90 Å². The van der Waals surface area contributed by atoms with Gasteiger partial charge in [0.05, 0.1) is 11.7 Å². The summed E-state index contributed by atoms with van der Waals surface area (Å²) in [5, 5.41) is 10.8. The molecule has 0 unspecified atom stereocenters. The number of hydrogen-bond acceptors (Lipinski definition) is 3. The van der Waals surface area contributed by atoms with Gasteiger partial charge in [0, 0.05) is 11.6 Å². The van der Waals surface area contributed by atoms with Crippen LogP contribution >= 0.6 is 0 Å². The largest absolute Gasteiger partial charge is 1.00 e. The van der Waals surface area contributed by atoms with E-state index in [1.165, 1.54) is 0 Å². The van der Waals surface area contributed by atoms with Crippen LogP contribution in [0.3, 0.4) is 0 Å². The van der Waals surface area contributed by atoms with Gasteiger partial charge < -0.3 is 9.90 Å². The van der Waals surface area contributed by atoms with Crippen molar-refractivity contribution < 1.29 is 39.5 Å². The molecule has 3 nitrogen and oxygen atoms in total. The van der Waals surface area contributed by atoms with E-state index in [1.807, 2.05) is 13.0 Å². The van der Waals surface area contributed by atoms with Gasteiger partial charge in [-0.25, -0.2) is 0 Å². The van der Waals surface area contributed by atoms with Crippen LogP contribution in [0.25, 0.3) is 0 Å². The first kappa shape index (κ1) is 13.6. The van der Waals surface area contributed by atoms with Crippen LogP contribution in [0.5, 0.6) is 0 Å². The van der Waals surface area contributed by atoms with Gasteiger partial charge in [-0.3, -0.25) is 4.98 Å². The Morgan fingerprint density at radius 2 is 2.07 bits per heavy atom. The minimum absolute atomic E-state index is 0. The minimum Gasteiger partial charge on any atom is -0.549 e. The Kier molecular flexibility index (Phi) is 4.78. The molecule has 0 saturated carbocycles. The normalized spacial score (nSPS) is 10.5. The van der Waals surface area contributed by atoms with Crippen molar-refractivity contribution in [3.05, 3.63) is 29.6 Å². The molecule has 1 aromatic heterocycles. The zero-order valence-electron chi connectivity index (χ0n) is 9.00. The number of aryl methyl sites for hydroxylation is 1. The van der Waals surface area contributed by atoms with Crippen molar-refractivity contribution in [1.82, 2.24) is 4.98 Å². The summed E-state index contributed by atoms with van der Waals surface area (Å²) in [5.41, 5.74) is 0.512. The molecule has 0 atom stereocenters. The van der Waals surface area contributed by atoms with E-state index in [0.717, 1.165) is 5.56 Å². The number of aromatic nitrogens is 1. The van der Waals surface area contributed by atoms with Crippen LogP contribution in [-0.4, -0.2) is 11.0 Å². The van der Waals surface area contributed by atoms with E-state index < -0.39 is 11.4 Å². The maximum Gasteiger partial charge on any atom is 1.00 e. The summed E-state index contributed by atoms with van der Waals surface area (Å²) < 4.78 is 0. The van der Waals surface area contributed by atoms with E-state index >= 15 is 0 Å². The third-order valence-corrected chi connectivity index (χ3v) is 2.07. The Morgan fingerprint density at radius 3 is 2.50 bits per heavy atom. The molecule has 0 aliphatic heterocycles. The van der Waals surface area contributed by atoms with Crippen LogP contribution in [0, 0.1) is 6.92 Å². The summed E-state index contributed by atoms with van der Waals surface area (Å²) in [7, 11) is 0. The van der Waals surface area contributed by atoms with Crippen LogP contribution in [-0.2, 0) is 10.2 Å². The van der Waals surface area contributed by atoms with Gasteiger partial charge in [-0.15, -0.1) is 0 Å². The number of carboxylic acids is 1. The Bertz CT molecular complexity index is 337. The van der Waals surface area contributed by atoms with Crippen molar-refractivity contribution in [2.75, 3.05) is 0 Å². The van der Waals surface area contributed by atoms with Crippen LogP contribution in [0.2, 0.25) is 0 Å². The van der Waals surface area contributed by atoms with E-state index in [4.69, 9.17) is 0 Å². The molecule has 70 valence electrons. The van der Waals surface area contributed by atoms with Gasteiger partial charge in [-0.2, -0.15) is 0 Å². The number of nitrogens with zero attached hydrogens (tertiary/aromatic N) is 1. The van der Waals surface area contributed by atoms with Crippen molar-refractivity contribution in [3.63, 3.8) is 0 Å². The third-order valence-electron chi connectivity index (χ3n) is 2.07. The van der Waals surface area contributed by atoms with E-state index in [-0.39, 0.29) is 29.6 Å². The summed E-state index contributed by atoms with van der Waals surface area (Å²) in [4.78, 5) is 14.8. The molecule has 1 rings (SSSR count). The second-order valence-electron chi connectivity index (χ2n) is 3.63. The van der Waals surface area contributed by atoms with Crippen molar-refractivity contribution in [2.24, 2.45) is 0 Å². The standard InChI is InChI=1S/C10H13NO2.Na/c1-7-4-5-11-8(6-7)10(2,3)9(12)13;/h4-6H,1-3H3,(H,12,13);/q;+1/p-1. The molecule has 0 bridgehead atoms. The molecule has 0 fully saturated rings. The number of rotatable bonds is 2. The summed E-state index contributed by atoms with van der Waals surface area (Å²) >= 11 is 0. The average Bonchev–Trinajstić information content (AvgIpc) is 2.04. The van der Waals surface area contributed by atoms with Crippen molar-refractivity contribution in [2.45, 2.75) is 26.2 Å². The smallest absolute Gasteiger partial charge is 0.549 e. The Hall–Kier alpha value is -0.380. The number of hydrogen-bond donors (Lipinski definition) is 0. The summed E-state index contributed by atoms with van der Waals surface area (Å²) in [6, 6.07) is 3.59. The zero-order chi connectivity index (χ0) is 10.1. The van der Waals surface area contributed by atoms with Gasteiger partial charge in [0.25, 0.3) is 0 Å². The van der Waals surface area contributed by atoms with Gasteiger partial charge in [-0.1, -0.05) is 0 Å². The number of carbonyl (C=O) groups is 1. The predicted octanol–water partition coefficient (Wildman–Crippen LogP) is -2.58. The first-order chi connectivity index (χ1) is 5.94. The summed E-state index contributed by atoms with van der Waals surface area (Å²) in [6.45, 7) is 5.07. The Labute approximate surface area is 106 Å². The van der Waals surface area contributed by atoms with Gasteiger partial charge >= 0.3 is 29.6 Å². The molecular formula is C10H12NNaO2. The van der Waals surface area contributed by atoms with E-state index in [2.05, 4.69) is 4.98 Å². The maximum atomic E-state index is 10.8. The predicted molar refractivity (Wildman–Crippen MR) is 47.0 cm³/mol. The Morgan fingerprint density at radius 1 is 1.50 bits per heavy atom. The SMILES string of the molecule is Cc1ccnc(C(C)(C)C(=O)[O-])c1.[Na+]. The molecule has 1 aromatic rings. The molecule has 0 aromatic carbocycles. The Balaban J connectivity index is 0.00000169. The molecule has 0 radical (unpaired) electrons. The second-order valence-corrected chi connectivity index (χ2v) is 3.63. The molecule has 14 heavy (non-hydrogen) atoms. The zero-order valence-corrected chi connectivity index (χ0v) is 11.0. The number of carbonyl (C=O) groups excluding carboxylic acids is 1. The average molecular weight is 201 g/mol. The number of carboxylic acid groups (broad SMARTS) is 1. The van der Waals surface area contributed by atoms with Gasteiger partial charge in [0.15, 0.2) is 0 Å². The molecule has 1 heterocycles. The minimum atomic E-state index is -1.11. The second kappa shape index (κ2) is 4.91. The number of aliphatic carboxylic acids is 1. The molecule has 0 aliphatic carbocycles. The molecule has 0 amide bonds. The first-order valence-corrected chi connectivity index (χ1v) is 4.09. The fourth-order valence-corrected chi connectivity index (χ4v) is 0.983. The quantitative estimate of drug-likeness (QED) is 0.494. The van der Waals surface area contributed by atoms with Crippen molar-refractivity contribution in [3.8, 4) is 0 Å². The van der Waals surface area contributed by atoms with Gasteiger partial charge in [-0.05, 0) is 38.5 Å². The molecule has 0 N–H and O–H groups in total. The van der Waals surface area contributed by atoms with Crippen LogP contribution in [0.4, 0.5) is 0 Å². The van der Waals surface area contributed by atoms with Gasteiger partial charge in [0.2, 0.25) is 0 Å². The van der Waals surface area contributed by atoms with E-state index in [0.29, 0.717) is 5.69 Å². The third kappa shape index (κ3) is 2.80. The molecule has 0 aliphatic rings.